The third-order valence-electron chi connectivity index (χ3n) is 3.67. The Morgan fingerprint density at radius 3 is 2.65 bits per heavy atom. The Labute approximate surface area is 153 Å². The number of rotatable bonds is 2. The number of nitrogens with zero attached hydrogens (tertiary/aromatic N) is 2. The van der Waals surface area contributed by atoms with Gasteiger partial charge in [-0.3, -0.25) is 4.79 Å². The van der Waals surface area contributed by atoms with Crippen molar-refractivity contribution >= 4 is 42.1 Å². The summed E-state index contributed by atoms with van der Waals surface area (Å²) in [4.78, 5) is 19.9. The first-order valence-electron chi connectivity index (χ1n) is 7.20. The van der Waals surface area contributed by atoms with Crippen molar-refractivity contribution in [3.05, 3.63) is 40.9 Å². The van der Waals surface area contributed by atoms with E-state index in [1.54, 1.807) is 0 Å². The summed E-state index contributed by atoms with van der Waals surface area (Å²) in [5.74, 6) is 0.112. The van der Waals surface area contributed by atoms with Gasteiger partial charge in [-0.25, -0.2) is 4.98 Å². The predicted molar refractivity (Wildman–Crippen MR) is 100 cm³/mol. The second-order valence-corrected chi connectivity index (χ2v) is 6.40. The molecule has 3 rings (SSSR count). The summed E-state index contributed by atoms with van der Waals surface area (Å²) in [6.07, 6.45) is 0. The quantitative estimate of drug-likeness (QED) is 0.877. The van der Waals surface area contributed by atoms with Crippen molar-refractivity contribution in [1.29, 1.82) is 0 Å². The largest absolute Gasteiger partial charge is 0.335 e. The number of benzene rings is 1. The van der Waals surface area contributed by atoms with Crippen LogP contribution in [0.3, 0.4) is 0 Å². The molecule has 2 aromatic rings. The van der Waals surface area contributed by atoms with Crippen molar-refractivity contribution in [1.82, 2.24) is 15.2 Å². The van der Waals surface area contributed by atoms with Crippen LogP contribution in [0.5, 0.6) is 0 Å². The normalized spacial score (nSPS) is 17.1. The van der Waals surface area contributed by atoms with Gasteiger partial charge in [0.1, 0.15) is 9.88 Å². The lowest BCUT2D eigenvalue weighted by Gasteiger charge is -2.31. The summed E-state index contributed by atoms with van der Waals surface area (Å²) in [6.45, 7) is 6.41. The monoisotopic (exact) mass is 373 g/mol. The third-order valence-corrected chi connectivity index (χ3v) is 4.86. The van der Waals surface area contributed by atoms with Crippen LogP contribution in [0, 0.1) is 6.92 Å². The molecule has 1 N–H and O–H groups in total. The molecule has 1 atom stereocenters. The van der Waals surface area contributed by atoms with Gasteiger partial charge in [0.2, 0.25) is 0 Å². The van der Waals surface area contributed by atoms with Gasteiger partial charge in [-0.05, 0) is 13.8 Å². The summed E-state index contributed by atoms with van der Waals surface area (Å²) in [6, 6.07) is 10.4. The number of hydrogen-bond donors (Lipinski definition) is 1. The molecule has 1 unspecified atom stereocenters. The number of aryl methyl sites for hydroxylation is 1. The van der Waals surface area contributed by atoms with Gasteiger partial charge >= 0.3 is 0 Å². The minimum Gasteiger partial charge on any atom is -0.335 e. The van der Waals surface area contributed by atoms with Crippen molar-refractivity contribution in [2.24, 2.45) is 0 Å². The summed E-state index contributed by atoms with van der Waals surface area (Å²) in [5.41, 5.74) is 1.90. The van der Waals surface area contributed by atoms with E-state index in [1.807, 2.05) is 42.2 Å². The van der Waals surface area contributed by atoms with Crippen molar-refractivity contribution in [3.63, 3.8) is 0 Å². The molecule has 1 aromatic heterocycles. The fraction of sp³-hybridized carbons (Fsp3) is 0.375. The van der Waals surface area contributed by atoms with E-state index in [4.69, 9.17) is 0 Å². The van der Waals surface area contributed by atoms with E-state index in [0.717, 1.165) is 40.8 Å². The molecule has 1 aliphatic heterocycles. The third kappa shape index (κ3) is 4.44. The fourth-order valence-corrected chi connectivity index (χ4v) is 3.60. The van der Waals surface area contributed by atoms with Crippen LogP contribution in [0.4, 0.5) is 0 Å². The first-order valence-corrected chi connectivity index (χ1v) is 8.02. The molecule has 1 aromatic carbocycles. The minimum atomic E-state index is 0. The van der Waals surface area contributed by atoms with Crippen LogP contribution < -0.4 is 5.32 Å². The lowest BCUT2D eigenvalue weighted by Crippen LogP contribution is -2.51. The molecule has 4 nitrogen and oxygen atoms in total. The van der Waals surface area contributed by atoms with E-state index in [1.165, 1.54) is 11.3 Å². The zero-order chi connectivity index (χ0) is 14.8. The smallest absolute Gasteiger partial charge is 0.265 e. The van der Waals surface area contributed by atoms with Gasteiger partial charge in [-0.2, -0.15) is 0 Å². The summed E-state index contributed by atoms with van der Waals surface area (Å²) < 4.78 is 0. The fourth-order valence-electron chi connectivity index (χ4n) is 2.56. The number of piperazine rings is 1. The summed E-state index contributed by atoms with van der Waals surface area (Å²) >= 11 is 1.49. The SMILES string of the molecule is Cc1nc(-c2ccccc2)sc1C(=O)N1CCNC(C)C1.Cl.Cl. The Hall–Kier alpha value is -1.14. The molecule has 0 spiro atoms. The van der Waals surface area contributed by atoms with Crippen LogP contribution >= 0.6 is 36.2 Å². The molecule has 2 heterocycles. The standard InChI is InChI=1S/C16H19N3OS.2ClH/c1-11-10-19(9-8-17-11)16(20)14-12(2)18-15(21-14)13-6-4-3-5-7-13;;/h3-7,11,17H,8-10H2,1-2H3;2*1H. The van der Waals surface area contributed by atoms with E-state index in [9.17, 15) is 4.79 Å². The number of amides is 1. The van der Waals surface area contributed by atoms with E-state index < -0.39 is 0 Å². The molecule has 0 saturated carbocycles. The van der Waals surface area contributed by atoms with Gasteiger partial charge in [-0.1, -0.05) is 30.3 Å². The first-order chi connectivity index (χ1) is 10.1. The zero-order valence-electron chi connectivity index (χ0n) is 13.1. The second kappa shape index (κ2) is 8.64. The molecule has 126 valence electrons. The highest BCUT2D eigenvalue weighted by molar-refractivity contribution is 7.17. The van der Waals surface area contributed by atoms with Gasteiger partial charge in [0.25, 0.3) is 5.91 Å². The highest BCUT2D eigenvalue weighted by Crippen LogP contribution is 2.28. The van der Waals surface area contributed by atoms with E-state index in [0.29, 0.717) is 6.04 Å². The second-order valence-electron chi connectivity index (χ2n) is 5.41. The Kier molecular flexibility index (Phi) is 7.48. The molecule has 7 heteroatoms. The predicted octanol–water partition coefficient (Wildman–Crippen LogP) is 3.40. The van der Waals surface area contributed by atoms with Crippen LogP contribution in [-0.2, 0) is 0 Å². The van der Waals surface area contributed by atoms with Crippen LogP contribution in [-0.4, -0.2) is 41.5 Å². The number of thiazole rings is 1. The Balaban J connectivity index is 0.00000132. The topological polar surface area (TPSA) is 45.2 Å². The Morgan fingerprint density at radius 1 is 1.30 bits per heavy atom. The van der Waals surface area contributed by atoms with Gasteiger partial charge in [0, 0.05) is 31.2 Å². The maximum atomic E-state index is 12.7. The summed E-state index contributed by atoms with van der Waals surface area (Å²) in [5, 5.41) is 4.27. The van der Waals surface area contributed by atoms with Gasteiger partial charge in [0.15, 0.2) is 0 Å². The van der Waals surface area contributed by atoms with Gasteiger partial charge in [-0.15, -0.1) is 36.2 Å². The number of halogens is 2. The highest BCUT2D eigenvalue weighted by atomic mass is 35.5. The number of aromatic nitrogens is 1. The maximum Gasteiger partial charge on any atom is 0.265 e. The highest BCUT2D eigenvalue weighted by Gasteiger charge is 2.25. The first kappa shape index (κ1) is 19.9. The summed E-state index contributed by atoms with van der Waals surface area (Å²) in [7, 11) is 0. The zero-order valence-corrected chi connectivity index (χ0v) is 15.6. The van der Waals surface area contributed by atoms with E-state index >= 15 is 0 Å². The average Bonchev–Trinajstić information content (AvgIpc) is 2.89. The van der Waals surface area contributed by atoms with Crippen LogP contribution in [0.15, 0.2) is 30.3 Å². The number of hydrogen-bond acceptors (Lipinski definition) is 4. The van der Waals surface area contributed by atoms with Crippen molar-refractivity contribution in [2.45, 2.75) is 19.9 Å². The molecule has 23 heavy (non-hydrogen) atoms. The van der Waals surface area contributed by atoms with E-state index in [-0.39, 0.29) is 30.7 Å². The molecule has 0 aliphatic carbocycles. The number of carbonyl (C=O) groups is 1. The molecule has 1 amide bonds. The van der Waals surface area contributed by atoms with Gasteiger partial charge < -0.3 is 10.2 Å². The van der Waals surface area contributed by atoms with Crippen molar-refractivity contribution < 1.29 is 4.79 Å². The van der Waals surface area contributed by atoms with Crippen molar-refractivity contribution in [3.8, 4) is 10.6 Å². The van der Waals surface area contributed by atoms with Crippen LogP contribution in [0.1, 0.15) is 22.3 Å². The van der Waals surface area contributed by atoms with Gasteiger partial charge in [0.05, 0.1) is 5.69 Å². The number of carbonyl (C=O) groups excluding carboxylic acids is 1. The molecule has 1 fully saturated rings. The molecule has 1 saturated heterocycles. The lowest BCUT2D eigenvalue weighted by atomic mass is 10.2. The van der Waals surface area contributed by atoms with Crippen molar-refractivity contribution in [2.75, 3.05) is 19.6 Å². The average molecular weight is 374 g/mol. The number of nitrogens with one attached hydrogen (secondary N) is 1. The molecule has 0 bridgehead atoms. The van der Waals surface area contributed by atoms with Crippen LogP contribution in [0.25, 0.3) is 10.6 Å². The molecule has 0 radical (unpaired) electrons. The molecule has 1 aliphatic rings. The van der Waals surface area contributed by atoms with Crippen LogP contribution in [0.2, 0.25) is 0 Å². The lowest BCUT2D eigenvalue weighted by molar-refractivity contribution is 0.0713. The Morgan fingerprint density at radius 2 is 2.00 bits per heavy atom. The van der Waals surface area contributed by atoms with E-state index in [2.05, 4.69) is 17.2 Å². The molecular weight excluding hydrogens is 353 g/mol. The maximum absolute atomic E-state index is 12.7. The Bertz CT molecular complexity index is 648. The molecular formula is C16H21Cl2N3OS. The minimum absolute atomic E-state index is 0.